The first-order valence-corrected chi connectivity index (χ1v) is 25.2. The molecule has 0 N–H and O–H groups in total. The number of thiophene rings is 1. The minimum Gasteiger partial charge on any atom is -0.311 e. The van der Waals surface area contributed by atoms with Gasteiger partial charge >= 0.3 is 0 Å². The Balaban J connectivity index is 1.27. The number of rotatable bonds is 3. The first kappa shape index (κ1) is 42.6. The molecule has 0 bridgehead atoms. The Labute approximate surface area is 394 Å². The van der Waals surface area contributed by atoms with E-state index in [4.69, 9.17) is 0 Å². The molecule has 6 aromatic carbocycles. The molecule has 3 heterocycles. The molecule has 0 radical (unpaired) electrons. The summed E-state index contributed by atoms with van der Waals surface area (Å²) >= 11 is 2.06. The number of nitrogens with zero attached hydrogens (tertiary/aromatic N) is 2. The average molecular weight is 871 g/mol. The SMILES string of the molecule is Cc1ccc(-c2ccc(C)cc2N2c3ccc(C(C)(C)C)cc3B3c4sc5cc6c(cc5c4N(c4ccc5c(c4)C(C)(C)CCC5(C)C)c4cc(C)cc2c43)C(C)(C)CCC6(C)C)cc1. The van der Waals surface area contributed by atoms with Crippen molar-refractivity contribution in [2.24, 2.45) is 0 Å². The smallest absolute Gasteiger partial charge is 0.264 e. The van der Waals surface area contributed by atoms with Crippen LogP contribution in [0.25, 0.3) is 21.2 Å². The highest BCUT2D eigenvalue weighted by molar-refractivity contribution is 7.33. The third kappa shape index (κ3) is 6.47. The van der Waals surface area contributed by atoms with Crippen LogP contribution >= 0.6 is 11.3 Å². The first-order chi connectivity index (χ1) is 30.5. The second-order valence-electron chi connectivity index (χ2n) is 24.2. The summed E-state index contributed by atoms with van der Waals surface area (Å²) in [5, 5.41) is 1.40. The quantitative estimate of drug-likeness (QED) is 0.163. The first-order valence-electron chi connectivity index (χ1n) is 24.4. The van der Waals surface area contributed by atoms with Gasteiger partial charge in [-0.2, -0.15) is 0 Å². The van der Waals surface area contributed by atoms with E-state index in [-0.39, 0.29) is 33.8 Å². The number of anilines is 6. The summed E-state index contributed by atoms with van der Waals surface area (Å²) in [6.45, 7) is 33.7. The van der Waals surface area contributed by atoms with Crippen molar-refractivity contribution in [2.45, 2.75) is 150 Å². The summed E-state index contributed by atoms with van der Waals surface area (Å²) < 4.78 is 2.87. The molecule has 0 saturated heterocycles. The van der Waals surface area contributed by atoms with E-state index in [0.717, 1.165) is 0 Å². The van der Waals surface area contributed by atoms with Crippen LogP contribution in [0.2, 0.25) is 0 Å². The molecular formula is C61H67BN2S. The highest BCUT2D eigenvalue weighted by Crippen LogP contribution is 2.55. The van der Waals surface area contributed by atoms with Gasteiger partial charge in [-0.05, 0) is 177 Å². The molecular weight excluding hydrogens is 804 g/mol. The van der Waals surface area contributed by atoms with Crippen molar-refractivity contribution >= 4 is 78.0 Å². The molecule has 11 rings (SSSR count). The van der Waals surface area contributed by atoms with Crippen LogP contribution in [0.15, 0.2) is 103 Å². The van der Waals surface area contributed by atoms with Crippen molar-refractivity contribution in [3.63, 3.8) is 0 Å². The number of hydrogen-bond acceptors (Lipinski definition) is 3. The summed E-state index contributed by atoms with van der Waals surface area (Å²) in [7, 11) is 0. The molecule has 0 atom stereocenters. The van der Waals surface area contributed by atoms with Crippen LogP contribution in [-0.2, 0) is 27.1 Å². The molecule has 0 fully saturated rings. The van der Waals surface area contributed by atoms with Crippen molar-refractivity contribution in [1.29, 1.82) is 0 Å². The second kappa shape index (κ2) is 14.0. The maximum absolute atomic E-state index is 2.73. The molecule has 2 aliphatic carbocycles. The van der Waals surface area contributed by atoms with Gasteiger partial charge in [0.2, 0.25) is 0 Å². The lowest BCUT2D eigenvalue weighted by Crippen LogP contribution is -2.60. The largest absolute Gasteiger partial charge is 0.311 e. The van der Waals surface area contributed by atoms with E-state index in [0.29, 0.717) is 0 Å². The van der Waals surface area contributed by atoms with Crippen LogP contribution in [0, 0.1) is 20.8 Å². The maximum Gasteiger partial charge on any atom is 0.264 e. The standard InChI is InChI=1S/C61H67BN2S/c1-36-15-18-39(19-16-36)42-22-17-37(2)29-50(42)64-49-24-20-40(57(4,5)6)32-48(49)62-54-51(30-38(3)31-52(54)64)63(41-21-23-44-45(33-41)59(9,10)26-25-58(44,7)8)55-43-34-46-47(35-53(43)65-56(55)62)61(13,14)28-27-60(46,11)12/h15-24,29-35H,25-28H2,1-14H3. The predicted octanol–water partition coefficient (Wildman–Crippen LogP) is 15.6. The van der Waals surface area contributed by atoms with Crippen molar-refractivity contribution in [3.05, 3.63) is 148 Å². The predicted molar refractivity (Wildman–Crippen MR) is 285 cm³/mol. The lowest BCUT2D eigenvalue weighted by atomic mass is 9.36. The summed E-state index contributed by atoms with van der Waals surface area (Å²) in [6.07, 6.45) is 4.79. The zero-order valence-electron chi connectivity index (χ0n) is 41.5. The van der Waals surface area contributed by atoms with Gasteiger partial charge in [-0.1, -0.05) is 136 Å². The molecule has 330 valence electrons. The van der Waals surface area contributed by atoms with E-state index in [1.165, 1.54) is 141 Å². The topological polar surface area (TPSA) is 6.48 Å². The molecule has 1 aromatic heterocycles. The van der Waals surface area contributed by atoms with Gasteiger partial charge in [-0.15, -0.1) is 11.3 Å². The number of aryl methyl sites for hydroxylation is 3. The van der Waals surface area contributed by atoms with Crippen LogP contribution < -0.4 is 25.5 Å². The Bertz CT molecular complexity index is 3130. The Morgan fingerprint density at radius 2 is 1.08 bits per heavy atom. The van der Waals surface area contributed by atoms with Crippen LogP contribution in [0.4, 0.5) is 34.1 Å². The Hall–Kier alpha value is -5.06. The van der Waals surface area contributed by atoms with Gasteiger partial charge in [0.15, 0.2) is 0 Å². The monoisotopic (exact) mass is 871 g/mol. The minimum atomic E-state index is -0.0176. The third-order valence-electron chi connectivity index (χ3n) is 16.5. The van der Waals surface area contributed by atoms with Crippen LogP contribution in [0.1, 0.15) is 146 Å². The summed E-state index contributed by atoms with van der Waals surface area (Å²) in [5.41, 5.74) is 24.7. The van der Waals surface area contributed by atoms with Gasteiger partial charge in [0.05, 0.1) is 11.4 Å². The van der Waals surface area contributed by atoms with Gasteiger partial charge < -0.3 is 9.80 Å². The van der Waals surface area contributed by atoms with Crippen LogP contribution in [0.3, 0.4) is 0 Å². The Kier molecular flexibility index (Phi) is 9.16. The number of hydrogen-bond donors (Lipinski definition) is 0. The zero-order valence-corrected chi connectivity index (χ0v) is 42.3. The summed E-state index contributed by atoms with van der Waals surface area (Å²) in [6, 6.07) is 41.5. The number of benzene rings is 6. The molecule has 0 spiro atoms. The van der Waals surface area contributed by atoms with E-state index >= 15 is 0 Å². The highest BCUT2D eigenvalue weighted by atomic mass is 32.1. The van der Waals surface area contributed by atoms with Crippen molar-refractivity contribution in [3.8, 4) is 11.1 Å². The van der Waals surface area contributed by atoms with Crippen LogP contribution in [-0.4, -0.2) is 6.71 Å². The van der Waals surface area contributed by atoms with Crippen molar-refractivity contribution in [1.82, 2.24) is 0 Å². The molecule has 2 nitrogen and oxygen atoms in total. The van der Waals surface area contributed by atoms with Gasteiger partial charge in [0.1, 0.15) is 0 Å². The van der Waals surface area contributed by atoms with E-state index in [2.05, 4.69) is 221 Å². The summed E-state index contributed by atoms with van der Waals surface area (Å²) in [5.74, 6) is 0. The Morgan fingerprint density at radius 1 is 0.508 bits per heavy atom. The fourth-order valence-electron chi connectivity index (χ4n) is 12.2. The second-order valence-corrected chi connectivity index (χ2v) is 25.3. The lowest BCUT2D eigenvalue weighted by Gasteiger charge is -2.45. The minimum absolute atomic E-state index is 0.0176. The summed E-state index contributed by atoms with van der Waals surface area (Å²) in [4.78, 5) is 5.38. The molecule has 65 heavy (non-hydrogen) atoms. The molecule has 0 saturated carbocycles. The normalized spacial score (nSPS) is 18.5. The molecule has 4 heteroatoms. The van der Waals surface area contributed by atoms with Gasteiger partial charge in [0, 0.05) is 43.2 Å². The fourth-order valence-corrected chi connectivity index (χ4v) is 13.5. The van der Waals surface area contributed by atoms with E-state index < -0.39 is 0 Å². The molecule has 7 aromatic rings. The highest BCUT2D eigenvalue weighted by Gasteiger charge is 2.48. The van der Waals surface area contributed by atoms with Gasteiger partial charge in [-0.25, -0.2) is 0 Å². The fraction of sp³-hybridized carbons (Fsp3) is 0.377. The van der Waals surface area contributed by atoms with Crippen LogP contribution in [0.5, 0.6) is 0 Å². The van der Waals surface area contributed by atoms with E-state index in [1.807, 2.05) is 0 Å². The van der Waals surface area contributed by atoms with E-state index in [1.54, 1.807) is 0 Å². The van der Waals surface area contributed by atoms with Gasteiger partial charge in [-0.3, -0.25) is 0 Å². The molecule has 0 amide bonds. The third-order valence-corrected chi connectivity index (χ3v) is 17.7. The van der Waals surface area contributed by atoms with Crippen molar-refractivity contribution in [2.75, 3.05) is 9.80 Å². The molecule has 4 aliphatic rings. The van der Waals surface area contributed by atoms with Crippen molar-refractivity contribution < 1.29 is 0 Å². The lowest BCUT2D eigenvalue weighted by molar-refractivity contribution is 0.332. The maximum atomic E-state index is 2.73. The van der Waals surface area contributed by atoms with E-state index in [9.17, 15) is 0 Å². The Morgan fingerprint density at radius 3 is 1.72 bits per heavy atom. The average Bonchev–Trinajstić information content (AvgIpc) is 3.61. The molecule has 0 unspecified atom stereocenters. The number of fused-ring (bicyclic) bond motifs is 8. The zero-order chi connectivity index (χ0) is 45.9. The molecule has 2 aliphatic heterocycles. The van der Waals surface area contributed by atoms with Gasteiger partial charge in [0.25, 0.3) is 6.71 Å².